The van der Waals surface area contributed by atoms with Crippen LogP contribution in [0.3, 0.4) is 0 Å². The smallest absolute Gasteiger partial charge is 0.348 e. The number of aromatic carboxylic acids is 1. The largest absolute Gasteiger partial charge is 0.477 e. The van der Waals surface area contributed by atoms with Gasteiger partial charge in [0.2, 0.25) is 0 Å². The number of hydrogen-bond acceptors (Lipinski definition) is 7. The van der Waals surface area contributed by atoms with Gasteiger partial charge in [-0.25, -0.2) is 14.2 Å². The zero-order valence-electron chi connectivity index (χ0n) is 18.6. The number of rotatable bonds is 8. The minimum absolute atomic E-state index is 0.148. The molecule has 7 nitrogen and oxygen atoms in total. The van der Waals surface area contributed by atoms with Crippen molar-refractivity contribution in [2.24, 2.45) is 0 Å². The molecular weight excluding hydrogens is 443 g/mol. The number of aryl methyl sites for hydroxylation is 1. The summed E-state index contributed by atoms with van der Waals surface area (Å²) in [5, 5.41) is 24.0. The molecule has 1 saturated heterocycles. The zero-order chi connectivity index (χ0) is 23.5. The van der Waals surface area contributed by atoms with Gasteiger partial charge in [0.1, 0.15) is 21.3 Å². The van der Waals surface area contributed by atoms with Crippen LogP contribution in [0.5, 0.6) is 0 Å². The number of hydrogen-bond donors (Lipinski definition) is 4. The Labute approximate surface area is 196 Å². The van der Waals surface area contributed by atoms with E-state index in [1.54, 1.807) is 12.1 Å². The van der Waals surface area contributed by atoms with E-state index in [2.05, 4.69) is 17.1 Å². The first-order chi connectivity index (χ1) is 15.9. The number of nitrogens with two attached hydrogens (primary N) is 1. The van der Waals surface area contributed by atoms with E-state index in [1.165, 1.54) is 12.1 Å². The Morgan fingerprint density at radius 3 is 2.67 bits per heavy atom. The fraction of sp³-hybridized carbons (Fsp3) is 0.417. The number of anilines is 2. The Morgan fingerprint density at radius 2 is 2.03 bits per heavy atom. The molecule has 1 atom stereocenters. The van der Waals surface area contributed by atoms with Crippen molar-refractivity contribution in [3.05, 3.63) is 52.2 Å². The number of nitrogen functional groups attached to an aromatic ring is 1. The molecule has 0 bridgehead atoms. The highest BCUT2D eigenvalue weighted by atomic mass is 32.1. The van der Waals surface area contributed by atoms with Crippen LogP contribution in [0.4, 0.5) is 15.9 Å². The number of aliphatic hydroxyl groups excluding tert-OH is 1. The van der Waals surface area contributed by atoms with E-state index in [-0.39, 0.29) is 16.7 Å². The number of carboxylic acid groups (broad SMARTS) is 1. The number of aliphatic hydroxyl groups is 1. The highest BCUT2D eigenvalue weighted by Gasteiger charge is 2.24. The van der Waals surface area contributed by atoms with Gasteiger partial charge in [-0.15, -0.1) is 11.3 Å². The van der Waals surface area contributed by atoms with Crippen molar-refractivity contribution < 1.29 is 19.4 Å². The molecule has 1 aromatic carbocycles. The van der Waals surface area contributed by atoms with Crippen LogP contribution in [-0.2, 0) is 6.42 Å². The Bertz CT molecular complexity index is 1130. The summed E-state index contributed by atoms with van der Waals surface area (Å²) >= 11 is 1.13. The molecule has 5 N–H and O–H groups in total. The van der Waals surface area contributed by atoms with E-state index in [1.807, 2.05) is 6.07 Å². The van der Waals surface area contributed by atoms with E-state index in [4.69, 9.17) is 10.7 Å². The van der Waals surface area contributed by atoms with Crippen molar-refractivity contribution in [3.63, 3.8) is 0 Å². The number of halogens is 1. The third kappa shape index (κ3) is 5.10. The number of aromatic nitrogens is 1. The van der Waals surface area contributed by atoms with Crippen molar-refractivity contribution in [2.45, 2.75) is 44.8 Å². The summed E-state index contributed by atoms with van der Waals surface area (Å²) in [6.07, 6.45) is 2.85. The van der Waals surface area contributed by atoms with Crippen molar-refractivity contribution in [1.82, 2.24) is 10.3 Å². The van der Waals surface area contributed by atoms with Gasteiger partial charge < -0.3 is 26.2 Å². The number of benzene rings is 1. The summed E-state index contributed by atoms with van der Waals surface area (Å²) in [7, 11) is 0. The summed E-state index contributed by atoms with van der Waals surface area (Å²) in [5.74, 6) is -0.479. The first-order valence-electron chi connectivity index (χ1n) is 11.2. The topological polar surface area (TPSA) is 112 Å². The van der Waals surface area contributed by atoms with Gasteiger partial charge in [0.05, 0.1) is 11.8 Å². The number of nitrogens with zero attached hydrogens (tertiary/aromatic N) is 2. The second kappa shape index (κ2) is 10.0. The molecule has 3 aromatic rings. The summed E-state index contributed by atoms with van der Waals surface area (Å²) in [4.78, 5) is 19.4. The molecule has 0 saturated carbocycles. The number of carboxylic acids is 1. The number of fused-ring (bicyclic) bond motifs is 1. The van der Waals surface area contributed by atoms with Gasteiger partial charge in [0, 0.05) is 31.1 Å². The van der Waals surface area contributed by atoms with Crippen LogP contribution >= 0.6 is 11.3 Å². The highest BCUT2D eigenvalue weighted by Crippen LogP contribution is 2.37. The zero-order valence-corrected chi connectivity index (χ0v) is 19.4. The molecule has 1 unspecified atom stereocenters. The van der Waals surface area contributed by atoms with Gasteiger partial charge >= 0.3 is 5.97 Å². The van der Waals surface area contributed by atoms with Crippen LogP contribution in [0.1, 0.15) is 53.1 Å². The maximum atomic E-state index is 13.1. The second-order valence-corrected chi connectivity index (χ2v) is 9.46. The van der Waals surface area contributed by atoms with Gasteiger partial charge in [-0.05, 0) is 48.6 Å². The number of pyridine rings is 1. The van der Waals surface area contributed by atoms with Gasteiger partial charge in [-0.3, -0.25) is 0 Å². The molecule has 1 fully saturated rings. The summed E-state index contributed by atoms with van der Waals surface area (Å²) in [6.45, 7) is 4.11. The monoisotopic (exact) mass is 472 g/mol. The predicted octanol–water partition coefficient (Wildman–Crippen LogP) is 3.96. The van der Waals surface area contributed by atoms with Gasteiger partial charge in [0.25, 0.3) is 0 Å². The molecule has 1 aliphatic heterocycles. The quantitative estimate of drug-likeness (QED) is 0.393. The van der Waals surface area contributed by atoms with E-state index < -0.39 is 12.1 Å². The lowest BCUT2D eigenvalue weighted by Crippen LogP contribution is -2.44. The predicted molar refractivity (Wildman–Crippen MR) is 130 cm³/mol. The molecule has 33 heavy (non-hydrogen) atoms. The van der Waals surface area contributed by atoms with Crippen molar-refractivity contribution in [1.29, 1.82) is 0 Å². The minimum atomic E-state index is -1.02. The lowest BCUT2D eigenvalue weighted by Gasteiger charge is -2.34. The summed E-state index contributed by atoms with van der Waals surface area (Å²) < 4.78 is 13.1. The van der Waals surface area contributed by atoms with Crippen LogP contribution in [-0.4, -0.2) is 46.8 Å². The number of nitrogens with one attached hydrogen (secondary N) is 1. The molecule has 2 aromatic heterocycles. The van der Waals surface area contributed by atoms with Crippen molar-refractivity contribution >= 4 is 39.0 Å². The molecule has 4 rings (SSSR count). The third-order valence-corrected chi connectivity index (χ3v) is 7.24. The molecule has 1 aliphatic rings. The average Bonchev–Trinajstić information content (AvgIpc) is 3.15. The Balaban J connectivity index is 1.42. The van der Waals surface area contributed by atoms with Crippen LogP contribution in [0.15, 0.2) is 30.3 Å². The summed E-state index contributed by atoms with van der Waals surface area (Å²) in [6, 6.07) is 8.24. The third-order valence-electron chi connectivity index (χ3n) is 6.15. The Kier molecular flexibility index (Phi) is 7.11. The van der Waals surface area contributed by atoms with E-state index in [0.717, 1.165) is 66.9 Å². The fourth-order valence-electron chi connectivity index (χ4n) is 4.37. The highest BCUT2D eigenvalue weighted by molar-refractivity contribution is 7.21. The first kappa shape index (κ1) is 23.4. The standard InChI is InChI=1S/C24H29FN4O3S/c1-2-3-15-12-19(28-23-20(15)21(26)22(33-23)24(31)32)29-10-8-17(9-11-29)27-13-18(30)14-4-6-16(25)7-5-14/h4-7,12,17-18,27,30H,2-3,8-11,13,26H2,1H3,(H,31,32). The molecule has 0 radical (unpaired) electrons. The molecular formula is C24H29FN4O3S. The maximum Gasteiger partial charge on any atom is 0.348 e. The van der Waals surface area contributed by atoms with E-state index in [9.17, 15) is 19.4 Å². The number of thiophene rings is 1. The van der Waals surface area contributed by atoms with Crippen LogP contribution < -0.4 is 16.0 Å². The van der Waals surface area contributed by atoms with Gasteiger partial charge in [0.15, 0.2) is 0 Å². The molecule has 0 spiro atoms. The fourth-order valence-corrected chi connectivity index (χ4v) is 5.34. The van der Waals surface area contributed by atoms with Crippen molar-refractivity contribution in [2.75, 3.05) is 30.3 Å². The van der Waals surface area contributed by atoms with E-state index >= 15 is 0 Å². The molecule has 0 aliphatic carbocycles. The SMILES string of the molecule is CCCc1cc(N2CCC(NCC(O)c3ccc(F)cc3)CC2)nc2sc(C(=O)O)c(N)c12. The lowest BCUT2D eigenvalue weighted by molar-refractivity contribution is 0.0703. The second-order valence-electron chi connectivity index (χ2n) is 8.46. The maximum absolute atomic E-state index is 13.1. The first-order valence-corrected chi connectivity index (χ1v) is 12.1. The van der Waals surface area contributed by atoms with Gasteiger partial charge in [-0.1, -0.05) is 25.5 Å². The van der Waals surface area contributed by atoms with Gasteiger partial charge in [-0.2, -0.15) is 0 Å². The lowest BCUT2D eigenvalue weighted by atomic mass is 10.0. The Morgan fingerprint density at radius 1 is 1.33 bits per heavy atom. The average molecular weight is 473 g/mol. The Hall–Kier alpha value is -2.75. The van der Waals surface area contributed by atoms with Crippen molar-refractivity contribution in [3.8, 4) is 0 Å². The number of piperidine rings is 1. The van der Waals surface area contributed by atoms with E-state index in [0.29, 0.717) is 22.6 Å². The molecule has 9 heteroatoms. The van der Waals surface area contributed by atoms with Crippen LogP contribution in [0, 0.1) is 5.82 Å². The minimum Gasteiger partial charge on any atom is -0.477 e. The molecule has 3 heterocycles. The van der Waals surface area contributed by atoms with Crippen LogP contribution in [0.25, 0.3) is 10.2 Å². The number of carbonyl (C=O) groups is 1. The summed E-state index contributed by atoms with van der Waals surface area (Å²) in [5.41, 5.74) is 8.20. The molecule has 0 amide bonds. The normalized spacial score (nSPS) is 15.8. The molecule has 176 valence electrons. The van der Waals surface area contributed by atoms with Crippen LogP contribution in [0.2, 0.25) is 0 Å².